The van der Waals surface area contributed by atoms with Crippen LogP contribution in [0.15, 0.2) is 114 Å². The van der Waals surface area contributed by atoms with E-state index in [2.05, 4.69) is 16.0 Å². The van der Waals surface area contributed by atoms with E-state index in [9.17, 15) is 27.6 Å². The van der Waals surface area contributed by atoms with Gasteiger partial charge in [-0.05, 0) is 80.1 Å². The lowest BCUT2D eigenvalue weighted by Gasteiger charge is -2.14. The van der Waals surface area contributed by atoms with Gasteiger partial charge in [-0.15, -0.1) is 11.8 Å². The number of rotatable bonds is 9. The third-order valence-electron chi connectivity index (χ3n) is 6.13. The number of alkyl halides is 3. The SMILES string of the molecule is Cc1cccc(/C=C(\NC(=O)c2ccccc2)C(=O)Nc2ccc(SC(C)C(=O)Nc3cccc(C(F)(F)F)c3)cc2)c1. The average molecular weight is 604 g/mol. The molecule has 10 heteroatoms. The lowest BCUT2D eigenvalue weighted by Crippen LogP contribution is -2.30. The molecule has 0 aliphatic carbocycles. The second-order valence-electron chi connectivity index (χ2n) is 9.60. The molecule has 0 spiro atoms. The summed E-state index contributed by atoms with van der Waals surface area (Å²) in [6.45, 7) is 3.57. The highest BCUT2D eigenvalue weighted by atomic mass is 32.2. The maximum Gasteiger partial charge on any atom is 0.416 e. The molecular formula is C33H28F3N3O3S. The first kappa shape index (κ1) is 31.1. The predicted molar refractivity (Wildman–Crippen MR) is 164 cm³/mol. The summed E-state index contributed by atoms with van der Waals surface area (Å²) >= 11 is 1.21. The van der Waals surface area contributed by atoms with Gasteiger partial charge in [-0.3, -0.25) is 14.4 Å². The Hall–Kier alpha value is -4.83. The monoisotopic (exact) mass is 603 g/mol. The van der Waals surface area contributed by atoms with Crippen molar-refractivity contribution in [3.05, 3.63) is 131 Å². The molecule has 0 aliphatic rings. The highest BCUT2D eigenvalue weighted by Crippen LogP contribution is 2.31. The molecule has 0 bridgehead atoms. The maximum absolute atomic E-state index is 13.3. The molecular weight excluding hydrogens is 575 g/mol. The Morgan fingerprint density at radius 1 is 0.791 bits per heavy atom. The molecule has 0 aromatic heterocycles. The molecule has 43 heavy (non-hydrogen) atoms. The Balaban J connectivity index is 1.42. The van der Waals surface area contributed by atoms with E-state index in [4.69, 9.17) is 0 Å². The molecule has 0 saturated carbocycles. The van der Waals surface area contributed by atoms with Gasteiger partial charge in [-0.25, -0.2) is 0 Å². The van der Waals surface area contributed by atoms with Crippen LogP contribution in [0, 0.1) is 6.92 Å². The zero-order chi connectivity index (χ0) is 31.0. The lowest BCUT2D eigenvalue weighted by molar-refractivity contribution is -0.137. The number of aryl methyl sites for hydroxylation is 1. The van der Waals surface area contributed by atoms with Gasteiger partial charge in [0.25, 0.3) is 11.8 Å². The average Bonchev–Trinajstić information content (AvgIpc) is 2.98. The highest BCUT2D eigenvalue weighted by Gasteiger charge is 2.30. The van der Waals surface area contributed by atoms with Gasteiger partial charge in [-0.1, -0.05) is 54.1 Å². The number of hydrogen-bond acceptors (Lipinski definition) is 4. The van der Waals surface area contributed by atoms with Crippen LogP contribution in [-0.2, 0) is 15.8 Å². The number of hydrogen-bond donors (Lipinski definition) is 3. The van der Waals surface area contributed by atoms with Crippen LogP contribution < -0.4 is 16.0 Å². The second-order valence-corrected chi connectivity index (χ2v) is 11.0. The van der Waals surface area contributed by atoms with Gasteiger partial charge < -0.3 is 16.0 Å². The Kier molecular flexibility index (Phi) is 10.0. The van der Waals surface area contributed by atoms with Gasteiger partial charge >= 0.3 is 6.18 Å². The summed E-state index contributed by atoms with van der Waals surface area (Å²) in [6, 6.07) is 27.2. The van der Waals surface area contributed by atoms with E-state index in [1.165, 1.54) is 23.9 Å². The maximum atomic E-state index is 13.3. The fraction of sp³-hybridized carbons (Fsp3) is 0.121. The predicted octanol–water partition coefficient (Wildman–Crippen LogP) is 7.54. The van der Waals surface area contributed by atoms with Crippen LogP contribution in [0.25, 0.3) is 6.08 Å². The minimum atomic E-state index is -4.51. The summed E-state index contributed by atoms with van der Waals surface area (Å²) in [5, 5.41) is 7.39. The van der Waals surface area contributed by atoms with E-state index in [-0.39, 0.29) is 11.4 Å². The van der Waals surface area contributed by atoms with Crippen molar-refractivity contribution >= 4 is 46.9 Å². The first-order valence-electron chi connectivity index (χ1n) is 13.2. The van der Waals surface area contributed by atoms with E-state index in [1.807, 2.05) is 31.2 Å². The molecule has 0 aliphatic heterocycles. The van der Waals surface area contributed by atoms with E-state index in [0.29, 0.717) is 16.1 Å². The molecule has 6 nitrogen and oxygen atoms in total. The molecule has 0 fully saturated rings. The van der Waals surface area contributed by atoms with E-state index >= 15 is 0 Å². The first-order valence-corrected chi connectivity index (χ1v) is 14.1. The van der Waals surface area contributed by atoms with Crippen molar-refractivity contribution in [2.24, 2.45) is 0 Å². The molecule has 3 amide bonds. The van der Waals surface area contributed by atoms with Crippen LogP contribution in [0.2, 0.25) is 0 Å². The van der Waals surface area contributed by atoms with E-state index in [0.717, 1.165) is 23.3 Å². The third kappa shape index (κ3) is 9.08. The molecule has 4 aromatic carbocycles. The molecule has 0 radical (unpaired) electrons. The molecule has 1 atom stereocenters. The van der Waals surface area contributed by atoms with E-state index < -0.39 is 34.7 Å². The van der Waals surface area contributed by atoms with Crippen molar-refractivity contribution < 1.29 is 27.6 Å². The largest absolute Gasteiger partial charge is 0.416 e. The second kappa shape index (κ2) is 13.9. The molecule has 1 unspecified atom stereocenters. The van der Waals surface area contributed by atoms with Crippen molar-refractivity contribution in [3.8, 4) is 0 Å². The Bertz CT molecular complexity index is 1640. The zero-order valence-corrected chi connectivity index (χ0v) is 24.1. The normalized spacial score (nSPS) is 12.3. The van der Waals surface area contributed by atoms with Crippen LogP contribution in [-0.4, -0.2) is 23.0 Å². The number of anilines is 2. The smallest absolute Gasteiger partial charge is 0.325 e. The number of benzene rings is 4. The minimum absolute atomic E-state index is 0.0535. The number of nitrogens with one attached hydrogen (secondary N) is 3. The van der Waals surface area contributed by atoms with Gasteiger partial charge in [0.2, 0.25) is 5.91 Å². The van der Waals surface area contributed by atoms with E-state index in [1.54, 1.807) is 67.6 Å². The zero-order valence-electron chi connectivity index (χ0n) is 23.2. The molecule has 3 N–H and O–H groups in total. The number of carbonyl (C=O) groups is 3. The van der Waals surface area contributed by atoms with Crippen molar-refractivity contribution in [2.45, 2.75) is 30.2 Å². The summed E-state index contributed by atoms with van der Waals surface area (Å²) in [5.41, 5.74) is 1.85. The van der Waals surface area contributed by atoms with Gasteiger partial charge in [0.05, 0.1) is 10.8 Å². The molecule has 0 saturated heterocycles. The number of thioether (sulfide) groups is 1. The quantitative estimate of drug-likeness (QED) is 0.136. The minimum Gasteiger partial charge on any atom is -0.325 e. The van der Waals surface area contributed by atoms with Crippen molar-refractivity contribution in [1.82, 2.24) is 5.32 Å². The Morgan fingerprint density at radius 2 is 1.49 bits per heavy atom. The molecule has 220 valence electrons. The number of carbonyl (C=O) groups excluding carboxylic acids is 3. The van der Waals surface area contributed by atoms with Crippen LogP contribution in [0.5, 0.6) is 0 Å². The molecule has 4 aromatic rings. The summed E-state index contributed by atoms with van der Waals surface area (Å²) in [4.78, 5) is 39.4. The highest BCUT2D eigenvalue weighted by molar-refractivity contribution is 8.00. The van der Waals surface area contributed by atoms with Crippen molar-refractivity contribution in [3.63, 3.8) is 0 Å². The van der Waals surface area contributed by atoms with Crippen molar-refractivity contribution in [1.29, 1.82) is 0 Å². The number of halogens is 3. The van der Waals surface area contributed by atoms with Gasteiger partial charge in [0, 0.05) is 21.8 Å². The lowest BCUT2D eigenvalue weighted by atomic mass is 10.1. The summed E-state index contributed by atoms with van der Waals surface area (Å²) in [7, 11) is 0. The Labute approximate surface area is 251 Å². The summed E-state index contributed by atoms with van der Waals surface area (Å²) < 4.78 is 38.9. The first-order chi connectivity index (χ1) is 20.5. The standard InChI is InChI=1S/C33H28F3N3O3S/c1-21-8-6-9-23(18-21)19-29(39-31(41)24-10-4-3-5-11-24)32(42)37-26-14-16-28(17-15-26)43-22(2)30(40)38-27-13-7-12-25(20-27)33(34,35)36/h3-20,22H,1-2H3,(H,37,42)(H,38,40)(H,39,41)/b29-19-. The van der Waals surface area contributed by atoms with Gasteiger partial charge in [0.1, 0.15) is 5.70 Å². The van der Waals surface area contributed by atoms with Crippen LogP contribution in [0.1, 0.15) is 34.0 Å². The third-order valence-corrected chi connectivity index (χ3v) is 7.25. The Morgan fingerprint density at radius 3 is 2.16 bits per heavy atom. The molecule has 0 heterocycles. The van der Waals surface area contributed by atoms with Crippen LogP contribution in [0.3, 0.4) is 0 Å². The summed E-state index contributed by atoms with van der Waals surface area (Å²) in [5.74, 6) is -1.42. The van der Waals surface area contributed by atoms with Crippen LogP contribution in [0.4, 0.5) is 24.5 Å². The fourth-order valence-electron chi connectivity index (χ4n) is 3.96. The number of amides is 3. The topological polar surface area (TPSA) is 87.3 Å². The van der Waals surface area contributed by atoms with Crippen LogP contribution >= 0.6 is 11.8 Å². The molecule has 4 rings (SSSR count). The van der Waals surface area contributed by atoms with Gasteiger partial charge in [0.15, 0.2) is 0 Å². The fourth-order valence-corrected chi connectivity index (χ4v) is 4.83. The summed E-state index contributed by atoms with van der Waals surface area (Å²) in [6.07, 6.45) is -2.92. The van der Waals surface area contributed by atoms with Gasteiger partial charge in [-0.2, -0.15) is 13.2 Å². The van der Waals surface area contributed by atoms with Crippen molar-refractivity contribution in [2.75, 3.05) is 10.6 Å².